The first kappa shape index (κ1) is 13.1. The molecule has 0 N–H and O–H groups in total. The predicted octanol–water partition coefficient (Wildman–Crippen LogP) is 3.20. The third kappa shape index (κ3) is 2.90. The van der Waals surface area contributed by atoms with Crippen LogP contribution in [0.4, 0.5) is 0 Å². The van der Waals surface area contributed by atoms with Gasteiger partial charge in [0.25, 0.3) is 0 Å². The predicted molar refractivity (Wildman–Crippen MR) is 73.5 cm³/mol. The number of hydrogen-bond acceptors (Lipinski definition) is 3. The molecular weight excluding hydrogens is 294 g/mol. The number of aromatic nitrogens is 3. The topological polar surface area (TPSA) is 39.9 Å². The van der Waals surface area contributed by atoms with Gasteiger partial charge in [0.1, 0.15) is 11.2 Å². The number of aryl methyl sites for hydroxylation is 2. The van der Waals surface area contributed by atoms with Crippen molar-refractivity contribution >= 4 is 15.9 Å². The molecule has 0 atom stereocenters. The highest BCUT2D eigenvalue weighted by Gasteiger charge is 2.07. The van der Waals surface area contributed by atoms with Crippen LogP contribution in [0, 0.1) is 0 Å². The molecule has 2 aromatic heterocycles. The van der Waals surface area contributed by atoms with E-state index in [1.165, 1.54) is 0 Å². The Morgan fingerprint density at radius 3 is 2.89 bits per heavy atom. The van der Waals surface area contributed by atoms with Crippen LogP contribution in [0.25, 0.3) is 0 Å². The van der Waals surface area contributed by atoms with E-state index in [9.17, 15) is 0 Å². The van der Waals surface area contributed by atoms with Gasteiger partial charge in [0, 0.05) is 12.7 Å². The summed E-state index contributed by atoms with van der Waals surface area (Å²) in [5, 5.41) is 4.49. The summed E-state index contributed by atoms with van der Waals surface area (Å²) in [6, 6.07) is 5.84. The van der Waals surface area contributed by atoms with E-state index in [2.05, 4.69) is 45.9 Å². The highest BCUT2D eigenvalue weighted by Crippen LogP contribution is 2.22. The van der Waals surface area contributed by atoms with Gasteiger partial charge in [-0.25, -0.2) is 4.98 Å². The molecule has 0 aliphatic rings. The Labute approximate surface area is 115 Å². The minimum Gasteiger partial charge on any atom is -0.484 e. The second-order valence-corrected chi connectivity index (χ2v) is 4.63. The monoisotopic (exact) mass is 309 g/mol. The summed E-state index contributed by atoms with van der Waals surface area (Å²) >= 11 is 3.37. The van der Waals surface area contributed by atoms with Crippen LogP contribution in [-0.2, 0) is 19.6 Å². The Balaban J connectivity index is 2.10. The number of pyridine rings is 1. The van der Waals surface area contributed by atoms with Crippen LogP contribution >= 0.6 is 15.9 Å². The molecule has 5 heteroatoms. The second-order valence-electron chi connectivity index (χ2n) is 3.88. The summed E-state index contributed by atoms with van der Waals surface area (Å²) in [5.74, 6) is 0.749. The van der Waals surface area contributed by atoms with Gasteiger partial charge in [-0.15, -0.1) is 0 Å². The fraction of sp³-hybridized carbons (Fsp3) is 0.385. The minimum absolute atomic E-state index is 0.505. The highest BCUT2D eigenvalue weighted by molar-refractivity contribution is 9.10. The number of halogens is 1. The van der Waals surface area contributed by atoms with Crippen molar-refractivity contribution in [2.45, 2.75) is 33.4 Å². The van der Waals surface area contributed by atoms with Crippen molar-refractivity contribution in [2.75, 3.05) is 0 Å². The molecule has 0 fully saturated rings. The Morgan fingerprint density at radius 2 is 2.22 bits per heavy atom. The molecule has 2 heterocycles. The fourth-order valence-electron chi connectivity index (χ4n) is 1.71. The summed E-state index contributed by atoms with van der Waals surface area (Å²) in [4.78, 5) is 4.12. The maximum absolute atomic E-state index is 5.75. The minimum atomic E-state index is 0.505. The standard InChI is InChI=1S/C13H16BrN3O/c1-3-10-8-11(17(4-2)16-10)9-18-12-6-5-7-15-13(12)14/h5-8H,3-4,9H2,1-2H3. The molecule has 0 saturated carbocycles. The highest BCUT2D eigenvalue weighted by atomic mass is 79.9. The van der Waals surface area contributed by atoms with Gasteiger partial charge >= 0.3 is 0 Å². The SMILES string of the molecule is CCc1cc(COc2cccnc2Br)n(CC)n1. The zero-order chi connectivity index (χ0) is 13.0. The van der Waals surface area contributed by atoms with Crippen molar-refractivity contribution in [3.05, 3.63) is 40.4 Å². The average Bonchev–Trinajstić information content (AvgIpc) is 2.80. The molecule has 2 aromatic rings. The first-order chi connectivity index (χ1) is 8.74. The summed E-state index contributed by atoms with van der Waals surface area (Å²) in [7, 11) is 0. The molecule has 0 aromatic carbocycles. The number of hydrogen-bond donors (Lipinski definition) is 0. The van der Waals surface area contributed by atoms with Crippen molar-refractivity contribution in [1.82, 2.24) is 14.8 Å². The van der Waals surface area contributed by atoms with Crippen molar-refractivity contribution in [3.8, 4) is 5.75 Å². The zero-order valence-electron chi connectivity index (χ0n) is 10.6. The van der Waals surface area contributed by atoms with Gasteiger partial charge in [0.15, 0.2) is 5.75 Å². The molecule has 0 saturated heterocycles. The van der Waals surface area contributed by atoms with Crippen molar-refractivity contribution in [3.63, 3.8) is 0 Å². The van der Waals surface area contributed by atoms with E-state index >= 15 is 0 Å². The Hall–Kier alpha value is -1.36. The lowest BCUT2D eigenvalue weighted by molar-refractivity contribution is 0.289. The third-order valence-corrected chi connectivity index (χ3v) is 3.27. The van der Waals surface area contributed by atoms with E-state index in [4.69, 9.17) is 4.74 Å². The molecule has 4 nitrogen and oxygen atoms in total. The van der Waals surface area contributed by atoms with Crippen LogP contribution in [0.15, 0.2) is 29.0 Å². The van der Waals surface area contributed by atoms with E-state index in [1.54, 1.807) is 6.20 Å². The number of nitrogens with zero attached hydrogens (tertiary/aromatic N) is 3. The largest absolute Gasteiger partial charge is 0.484 e. The molecule has 0 unspecified atom stereocenters. The van der Waals surface area contributed by atoms with Gasteiger partial charge in [-0.05, 0) is 47.5 Å². The first-order valence-electron chi connectivity index (χ1n) is 6.03. The van der Waals surface area contributed by atoms with Crippen LogP contribution in [0.3, 0.4) is 0 Å². The average molecular weight is 310 g/mol. The maximum atomic E-state index is 5.75. The lowest BCUT2D eigenvalue weighted by Gasteiger charge is -2.08. The Kier molecular flexibility index (Phi) is 4.36. The lowest BCUT2D eigenvalue weighted by Crippen LogP contribution is -2.06. The van der Waals surface area contributed by atoms with Crippen LogP contribution < -0.4 is 4.74 Å². The maximum Gasteiger partial charge on any atom is 0.152 e. The fourth-order valence-corrected chi connectivity index (χ4v) is 2.07. The van der Waals surface area contributed by atoms with Crippen LogP contribution in [-0.4, -0.2) is 14.8 Å². The molecule has 0 aliphatic heterocycles. The van der Waals surface area contributed by atoms with Crippen molar-refractivity contribution in [2.24, 2.45) is 0 Å². The van der Waals surface area contributed by atoms with E-state index < -0.39 is 0 Å². The van der Waals surface area contributed by atoms with Gasteiger partial charge in [-0.1, -0.05) is 6.92 Å². The van der Waals surface area contributed by atoms with E-state index in [-0.39, 0.29) is 0 Å². The van der Waals surface area contributed by atoms with E-state index in [1.807, 2.05) is 16.8 Å². The zero-order valence-corrected chi connectivity index (χ0v) is 12.1. The normalized spacial score (nSPS) is 10.6. The van der Waals surface area contributed by atoms with Crippen LogP contribution in [0.2, 0.25) is 0 Å². The van der Waals surface area contributed by atoms with Gasteiger partial charge in [-0.3, -0.25) is 4.68 Å². The number of ether oxygens (including phenoxy) is 1. The molecule has 0 radical (unpaired) electrons. The number of rotatable bonds is 5. The smallest absolute Gasteiger partial charge is 0.152 e. The first-order valence-corrected chi connectivity index (χ1v) is 6.82. The van der Waals surface area contributed by atoms with Crippen LogP contribution in [0.1, 0.15) is 25.2 Å². The molecule has 0 aliphatic carbocycles. The van der Waals surface area contributed by atoms with Crippen molar-refractivity contribution < 1.29 is 4.74 Å². The van der Waals surface area contributed by atoms with Crippen molar-refractivity contribution in [1.29, 1.82) is 0 Å². The molecule has 0 bridgehead atoms. The summed E-state index contributed by atoms with van der Waals surface area (Å²) in [6.45, 7) is 5.54. The van der Waals surface area contributed by atoms with E-state index in [0.29, 0.717) is 6.61 Å². The molecule has 0 spiro atoms. The molecule has 96 valence electrons. The van der Waals surface area contributed by atoms with E-state index in [0.717, 1.165) is 34.7 Å². The van der Waals surface area contributed by atoms with Gasteiger partial charge in [0.2, 0.25) is 0 Å². The second kappa shape index (κ2) is 6.00. The molecule has 0 amide bonds. The summed E-state index contributed by atoms with van der Waals surface area (Å²) in [5.41, 5.74) is 2.19. The third-order valence-electron chi connectivity index (χ3n) is 2.68. The summed E-state index contributed by atoms with van der Waals surface area (Å²) < 4.78 is 8.45. The molecule has 18 heavy (non-hydrogen) atoms. The van der Waals surface area contributed by atoms with Crippen LogP contribution in [0.5, 0.6) is 5.75 Å². The Morgan fingerprint density at radius 1 is 1.39 bits per heavy atom. The molecule has 2 rings (SSSR count). The Bertz CT molecular complexity index is 525. The summed E-state index contributed by atoms with van der Waals surface area (Å²) in [6.07, 6.45) is 2.67. The molecular formula is C13H16BrN3O. The van der Waals surface area contributed by atoms with Gasteiger partial charge in [-0.2, -0.15) is 5.10 Å². The van der Waals surface area contributed by atoms with Gasteiger partial charge < -0.3 is 4.74 Å². The van der Waals surface area contributed by atoms with Gasteiger partial charge in [0.05, 0.1) is 11.4 Å². The quantitative estimate of drug-likeness (QED) is 0.796. The lowest BCUT2D eigenvalue weighted by atomic mass is 10.3.